The Balaban J connectivity index is 2.41. The molecule has 1 amide bonds. The van der Waals surface area contributed by atoms with Gasteiger partial charge in [0.15, 0.2) is 0 Å². The topological polar surface area (TPSA) is 81.1 Å². The molecule has 2 rings (SSSR count). The van der Waals surface area contributed by atoms with Gasteiger partial charge in [-0.2, -0.15) is 0 Å². The predicted molar refractivity (Wildman–Crippen MR) is 76.8 cm³/mol. The number of nitrogen functional groups attached to an aromatic ring is 1. The van der Waals surface area contributed by atoms with E-state index in [2.05, 4.69) is 21.2 Å². The number of benzene rings is 2. The molecule has 0 bridgehead atoms. The highest BCUT2D eigenvalue weighted by molar-refractivity contribution is 9.10. The third kappa shape index (κ3) is 2.85. The Morgan fingerprint density at radius 2 is 1.95 bits per heavy atom. The molecule has 19 heavy (non-hydrogen) atoms. The van der Waals surface area contributed by atoms with Gasteiger partial charge in [0.2, 0.25) is 0 Å². The van der Waals surface area contributed by atoms with E-state index in [1.807, 2.05) is 0 Å². The van der Waals surface area contributed by atoms with Crippen LogP contribution in [0.4, 0.5) is 21.5 Å². The Morgan fingerprint density at radius 3 is 2.63 bits per heavy atom. The largest absolute Gasteiger partial charge is 0.396 e. The fraction of sp³-hybridized carbons (Fsp3) is 0. The minimum absolute atomic E-state index is 0.189. The van der Waals surface area contributed by atoms with Gasteiger partial charge in [0.1, 0.15) is 5.82 Å². The molecule has 6 heteroatoms. The number of para-hydroxylation sites is 1. The standard InChI is InChI=1S/C13H11BrFN3O/c14-7-4-5-9(15)11(6-7)18-10-3-1-2-8(12(10)16)13(17)19/h1-6,18H,16H2,(H2,17,19). The number of anilines is 3. The molecule has 0 saturated heterocycles. The van der Waals surface area contributed by atoms with Crippen LogP contribution in [0.25, 0.3) is 0 Å². The van der Waals surface area contributed by atoms with Crippen LogP contribution in [0.15, 0.2) is 40.9 Å². The van der Waals surface area contributed by atoms with Gasteiger partial charge in [0.25, 0.3) is 5.91 Å². The van der Waals surface area contributed by atoms with Crippen LogP contribution in [0.5, 0.6) is 0 Å². The van der Waals surface area contributed by atoms with Crippen molar-refractivity contribution in [1.82, 2.24) is 0 Å². The minimum atomic E-state index is -0.629. The van der Waals surface area contributed by atoms with Crippen LogP contribution in [0.2, 0.25) is 0 Å². The van der Waals surface area contributed by atoms with Gasteiger partial charge in [0, 0.05) is 4.47 Å². The molecule has 0 radical (unpaired) electrons. The van der Waals surface area contributed by atoms with Crippen molar-refractivity contribution < 1.29 is 9.18 Å². The lowest BCUT2D eigenvalue weighted by atomic mass is 10.1. The van der Waals surface area contributed by atoms with Crippen molar-refractivity contribution >= 4 is 38.9 Å². The number of amides is 1. The monoisotopic (exact) mass is 323 g/mol. The molecule has 0 fully saturated rings. The molecule has 0 aliphatic rings. The average molecular weight is 324 g/mol. The van der Waals surface area contributed by atoms with Gasteiger partial charge in [-0.05, 0) is 30.3 Å². The highest BCUT2D eigenvalue weighted by Crippen LogP contribution is 2.29. The average Bonchev–Trinajstić information content (AvgIpc) is 2.36. The summed E-state index contributed by atoms with van der Waals surface area (Å²) in [5, 5.41) is 2.84. The normalized spacial score (nSPS) is 10.2. The number of nitrogens with two attached hydrogens (primary N) is 2. The van der Waals surface area contributed by atoms with Crippen molar-refractivity contribution in [2.75, 3.05) is 11.1 Å². The number of hydrogen-bond donors (Lipinski definition) is 3. The maximum absolute atomic E-state index is 13.6. The van der Waals surface area contributed by atoms with Gasteiger partial charge < -0.3 is 16.8 Å². The maximum Gasteiger partial charge on any atom is 0.250 e. The molecular formula is C13H11BrFN3O. The second-order valence-electron chi connectivity index (χ2n) is 3.88. The summed E-state index contributed by atoms with van der Waals surface area (Å²) in [5.41, 5.74) is 12.1. The van der Waals surface area contributed by atoms with E-state index in [-0.39, 0.29) is 16.9 Å². The van der Waals surface area contributed by atoms with Crippen LogP contribution in [0.1, 0.15) is 10.4 Å². The number of rotatable bonds is 3. The molecule has 0 saturated carbocycles. The van der Waals surface area contributed by atoms with Crippen LogP contribution >= 0.6 is 15.9 Å². The zero-order valence-corrected chi connectivity index (χ0v) is 11.4. The van der Waals surface area contributed by atoms with Crippen LogP contribution in [-0.2, 0) is 0 Å². The highest BCUT2D eigenvalue weighted by atomic mass is 79.9. The molecule has 0 spiro atoms. The fourth-order valence-corrected chi connectivity index (χ4v) is 1.99. The molecular weight excluding hydrogens is 313 g/mol. The fourth-order valence-electron chi connectivity index (χ4n) is 1.63. The number of hydrogen-bond acceptors (Lipinski definition) is 3. The first-order valence-corrected chi connectivity index (χ1v) is 6.18. The Labute approximate surface area is 117 Å². The van der Waals surface area contributed by atoms with Crippen molar-refractivity contribution in [2.24, 2.45) is 5.73 Å². The lowest BCUT2D eigenvalue weighted by Gasteiger charge is -2.12. The number of nitrogens with one attached hydrogen (secondary N) is 1. The molecule has 98 valence electrons. The van der Waals surface area contributed by atoms with Crippen molar-refractivity contribution in [1.29, 1.82) is 0 Å². The Hall–Kier alpha value is -2.08. The summed E-state index contributed by atoms with van der Waals surface area (Å²) in [6, 6.07) is 9.26. The first kappa shape index (κ1) is 13.4. The SMILES string of the molecule is NC(=O)c1cccc(Nc2cc(Br)ccc2F)c1N. The van der Waals surface area contributed by atoms with Gasteiger partial charge >= 0.3 is 0 Å². The first-order chi connectivity index (χ1) is 8.99. The van der Waals surface area contributed by atoms with Gasteiger partial charge in [-0.3, -0.25) is 4.79 Å². The lowest BCUT2D eigenvalue weighted by Crippen LogP contribution is -2.14. The molecule has 0 aromatic heterocycles. The van der Waals surface area contributed by atoms with E-state index in [0.29, 0.717) is 5.69 Å². The number of carbonyl (C=O) groups excluding carboxylic acids is 1. The van der Waals surface area contributed by atoms with Gasteiger partial charge in [-0.15, -0.1) is 0 Å². The highest BCUT2D eigenvalue weighted by Gasteiger charge is 2.11. The summed E-state index contributed by atoms with van der Waals surface area (Å²) >= 11 is 3.25. The number of carbonyl (C=O) groups is 1. The summed E-state index contributed by atoms with van der Waals surface area (Å²) in [7, 11) is 0. The second-order valence-corrected chi connectivity index (χ2v) is 4.80. The zero-order chi connectivity index (χ0) is 14.0. The van der Waals surface area contributed by atoms with Crippen molar-refractivity contribution in [3.8, 4) is 0 Å². The molecule has 0 heterocycles. The van der Waals surface area contributed by atoms with Crippen molar-refractivity contribution in [3.05, 3.63) is 52.3 Å². The van der Waals surface area contributed by atoms with E-state index in [9.17, 15) is 9.18 Å². The third-order valence-corrected chi connectivity index (χ3v) is 3.06. The molecule has 0 atom stereocenters. The Morgan fingerprint density at radius 1 is 1.21 bits per heavy atom. The zero-order valence-electron chi connectivity index (χ0n) is 9.78. The van der Waals surface area contributed by atoms with Crippen LogP contribution in [-0.4, -0.2) is 5.91 Å². The summed E-state index contributed by atoms with van der Waals surface area (Å²) < 4.78 is 14.4. The van der Waals surface area contributed by atoms with Crippen molar-refractivity contribution in [3.63, 3.8) is 0 Å². The summed E-state index contributed by atoms with van der Waals surface area (Å²) in [4.78, 5) is 11.2. The lowest BCUT2D eigenvalue weighted by molar-refractivity contribution is 0.100. The molecule has 0 aliphatic heterocycles. The summed E-state index contributed by atoms with van der Waals surface area (Å²) in [5.74, 6) is -1.05. The molecule has 0 unspecified atom stereocenters. The molecule has 2 aromatic carbocycles. The minimum Gasteiger partial charge on any atom is -0.396 e. The Kier molecular flexibility index (Phi) is 3.71. The molecule has 0 aliphatic carbocycles. The van der Waals surface area contributed by atoms with Gasteiger partial charge in [-0.25, -0.2) is 4.39 Å². The molecule has 2 aromatic rings. The van der Waals surface area contributed by atoms with E-state index >= 15 is 0 Å². The van der Waals surface area contributed by atoms with E-state index in [4.69, 9.17) is 11.5 Å². The van der Waals surface area contributed by atoms with E-state index in [1.54, 1.807) is 24.3 Å². The van der Waals surface area contributed by atoms with E-state index in [1.165, 1.54) is 12.1 Å². The summed E-state index contributed by atoms with van der Waals surface area (Å²) in [6.45, 7) is 0. The van der Waals surface area contributed by atoms with E-state index in [0.717, 1.165) is 4.47 Å². The number of halogens is 2. The van der Waals surface area contributed by atoms with Crippen LogP contribution in [0, 0.1) is 5.82 Å². The van der Waals surface area contributed by atoms with Crippen LogP contribution in [0.3, 0.4) is 0 Å². The van der Waals surface area contributed by atoms with Crippen molar-refractivity contribution in [2.45, 2.75) is 0 Å². The number of primary amides is 1. The maximum atomic E-state index is 13.6. The quantitative estimate of drug-likeness (QED) is 0.759. The van der Waals surface area contributed by atoms with Gasteiger partial charge in [-0.1, -0.05) is 22.0 Å². The van der Waals surface area contributed by atoms with Crippen LogP contribution < -0.4 is 16.8 Å². The second kappa shape index (κ2) is 5.27. The van der Waals surface area contributed by atoms with E-state index < -0.39 is 11.7 Å². The molecule has 4 nitrogen and oxygen atoms in total. The Bertz CT molecular complexity index is 646. The predicted octanol–water partition coefficient (Wildman–Crippen LogP) is 3.01. The smallest absolute Gasteiger partial charge is 0.250 e. The van der Waals surface area contributed by atoms with Gasteiger partial charge in [0.05, 0.1) is 22.6 Å². The summed E-state index contributed by atoms with van der Waals surface area (Å²) in [6.07, 6.45) is 0. The molecule has 5 N–H and O–H groups in total. The third-order valence-electron chi connectivity index (χ3n) is 2.57. The first-order valence-electron chi connectivity index (χ1n) is 5.39.